The molecule has 108 valence electrons. The molecule has 2 aromatic heterocycles. The zero-order valence-electron chi connectivity index (χ0n) is 10.9. The van der Waals surface area contributed by atoms with Gasteiger partial charge in [-0.1, -0.05) is 5.21 Å². The maximum atomic E-state index is 11.0. The minimum absolute atomic E-state index is 0.0331. The number of ether oxygens (including phenoxy) is 1. The molecule has 0 unspecified atom stereocenters. The Morgan fingerprint density at radius 2 is 2.38 bits per heavy atom. The Balaban J connectivity index is 1.90. The second kappa shape index (κ2) is 5.70. The lowest BCUT2D eigenvalue weighted by Crippen LogP contribution is -1.98. The predicted octanol–water partition coefficient (Wildman–Crippen LogP) is 2.66. The van der Waals surface area contributed by atoms with Crippen molar-refractivity contribution in [3.05, 3.63) is 23.9 Å². The van der Waals surface area contributed by atoms with Crippen molar-refractivity contribution in [2.45, 2.75) is 16.3 Å². The number of carboxylic acid groups (broad SMARTS) is 1. The van der Waals surface area contributed by atoms with Gasteiger partial charge in [-0.25, -0.2) is 9.78 Å². The molecule has 0 amide bonds. The lowest BCUT2D eigenvalue weighted by Gasteiger charge is -2.00. The number of nitrogens with zero attached hydrogens (tertiary/aromatic N) is 3. The van der Waals surface area contributed by atoms with Gasteiger partial charge in [-0.3, -0.25) is 5.10 Å². The third-order valence-electron chi connectivity index (χ3n) is 2.56. The first-order chi connectivity index (χ1) is 10.2. The van der Waals surface area contributed by atoms with Crippen LogP contribution in [0.3, 0.4) is 0 Å². The summed E-state index contributed by atoms with van der Waals surface area (Å²) in [6.07, 6.45) is 0. The summed E-state index contributed by atoms with van der Waals surface area (Å²) < 4.78 is 7.14. The standard InChI is InChI=1S/C12H10N4O3S2/c1-2-19-6-3-4-8-7(5-6)13-12(20-8)21-10-9(11(17)18)14-16-15-10/h3-5H,2H2,1H3,(H,17,18)(H,14,15,16). The van der Waals surface area contributed by atoms with Gasteiger partial charge in [0, 0.05) is 6.07 Å². The fourth-order valence-electron chi connectivity index (χ4n) is 1.70. The van der Waals surface area contributed by atoms with Crippen LogP contribution in [0.15, 0.2) is 27.6 Å². The van der Waals surface area contributed by atoms with Gasteiger partial charge in [0.1, 0.15) is 5.75 Å². The molecule has 7 nitrogen and oxygen atoms in total. The van der Waals surface area contributed by atoms with Gasteiger partial charge in [0.05, 0.1) is 16.8 Å². The van der Waals surface area contributed by atoms with Crippen molar-refractivity contribution in [1.29, 1.82) is 0 Å². The van der Waals surface area contributed by atoms with E-state index in [-0.39, 0.29) is 5.69 Å². The minimum Gasteiger partial charge on any atom is -0.494 e. The highest BCUT2D eigenvalue weighted by molar-refractivity contribution is 8.01. The second-order valence-electron chi connectivity index (χ2n) is 3.94. The number of hydrogen-bond donors (Lipinski definition) is 2. The first-order valence-corrected chi connectivity index (χ1v) is 7.66. The molecule has 0 fully saturated rings. The van der Waals surface area contributed by atoms with Gasteiger partial charge in [-0.05, 0) is 30.8 Å². The van der Waals surface area contributed by atoms with E-state index in [2.05, 4.69) is 20.4 Å². The van der Waals surface area contributed by atoms with E-state index in [1.54, 1.807) is 0 Å². The van der Waals surface area contributed by atoms with Gasteiger partial charge < -0.3 is 9.84 Å². The van der Waals surface area contributed by atoms with Crippen molar-refractivity contribution in [2.75, 3.05) is 6.61 Å². The number of hydrogen-bond acceptors (Lipinski definition) is 7. The van der Waals surface area contributed by atoms with Crippen LogP contribution in [0.2, 0.25) is 0 Å². The Morgan fingerprint density at radius 3 is 3.14 bits per heavy atom. The molecular weight excluding hydrogens is 312 g/mol. The Kier molecular flexibility index (Phi) is 3.76. The predicted molar refractivity (Wildman–Crippen MR) is 78.3 cm³/mol. The van der Waals surface area contributed by atoms with Gasteiger partial charge in [0.2, 0.25) is 0 Å². The summed E-state index contributed by atoms with van der Waals surface area (Å²) >= 11 is 2.64. The molecule has 0 radical (unpaired) electrons. The summed E-state index contributed by atoms with van der Waals surface area (Å²) in [4.78, 5) is 15.5. The molecule has 2 N–H and O–H groups in total. The molecular formula is C12H10N4O3S2. The van der Waals surface area contributed by atoms with Crippen LogP contribution in [-0.4, -0.2) is 38.1 Å². The van der Waals surface area contributed by atoms with Crippen molar-refractivity contribution in [3.8, 4) is 5.75 Å². The van der Waals surface area contributed by atoms with Crippen molar-refractivity contribution >= 4 is 39.3 Å². The monoisotopic (exact) mass is 322 g/mol. The van der Waals surface area contributed by atoms with Crippen molar-refractivity contribution in [3.63, 3.8) is 0 Å². The molecule has 3 rings (SSSR count). The summed E-state index contributed by atoms with van der Waals surface area (Å²) in [5, 5.41) is 18.9. The molecule has 0 saturated heterocycles. The highest BCUT2D eigenvalue weighted by atomic mass is 32.2. The topological polar surface area (TPSA) is 101 Å². The summed E-state index contributed by atoms with van der Waals surface area (Å²) in [5.41, 5.74) is 0.781. The van der Waals surface area contributed by atoms with E-state index in [1.165, 1.54) is 23.1 Å². The van der Waals surface area contributed by atoms with Crippen LogP contribution in [0.25, 0.3) is 10.2 Å². The van der Waals surface area contributed by atoms with E-state index in [0.29, 0.717) is 16.0 Å². The van der Waals surface area contributed by atoms with Gasteiger partial charge in [0.15, 0.2) is 15.1 Å². The third kappa shape index (κ3) is 2.83. The van der Waals surface area contributed by atoms with E-state index in [4.69, 9.17) is 9.84 Å². The van der Waals surface area contributed by atoms with E-state index >= 15 is 0 Å². The maximum absolute atomic E-state index is 11.0. The van der Waals surface area contributed by atoms with E-state index in [9.17, 15) is 4.79 Å². The molecule has 3 aromatic rings. The fraction of sp³-hybridized carbons (Fsp3) is 0.167. The normalized spacial score (nSPS) is 10.9. The first kappa shape index (κ1) is 13.8. The molecule has 0 bridgehead atoms. The van der Waals surface area contributed by atoms with E-state index in [1.807, 2.05) is 25.1 Å². The number of carbonyl (C=O) groups is 1. The summed E-state index contributed by atoms with van der Waals surface area (Å²) in [6.45, 7) is 2.52. The van der Waals surface area contributed by atoms with Crippen LogP contribution in [0.4, 0.5) is 0 Å². The number of aromatic nitrogens is 4. The lowest BCUT2D eigenvalue weighted by atomic mass is 10.3. The van der Waals surface area contributed by atoms with Gasteiger partial charge in [-0.15, -0.1) is 16.4 Å². The molecule has 0 saturated carbocycles. The molecule has 0 aliphatic rings. The van der Waals surface area contributed by atoms with Crippen molar-refractivity contribution in [1.82, 2.24) is 20.4 Å². The molecule has 0 atom stereocenters. The maximum Gasteiger partial charge on any atom is 0.356 e. The molecule has 9 heteroatoms. The van der Waals surface area contributed by atoms with Crippen LogP contribution >= 0.6 is 23.1 Å². The number of H-pyrrole nitrogens is 1. The van der Waals surface area contributed by atoms with Crippen LogP contribution in [0.1, 0.15) is 17.4 Å². The Bertz CT molecular complexity index is 799. The number of carboxylic acids is 1. The Labute approximate surface area is 127 Å². The first-order valence-electron chi connectivity index (χ1n) is 6.03. The zero-order chi connectivity index (χ0) is 14.8. The smallest absolute Gasteiger partial charge is 0.356 e. The average Bonchev–Trinajstić information content (AvgIpc) is 3.05. The van der Waals surface area contributed by atoms with Crippen LogP contribution < -0.4 is 4.74 Å². The summed E-state index contributed by atoms with van der Waals surface area (Å²) in [7, 11) is 0. The molecule has 1 aromatic carbocycles. The zero-order valence-corrected chi connectivity index (χ0v) is 12.5. The third-order valence-corrected chi connectivity index (χ3v) is 4.64. The molecule has 0 aliphatic heterocycles. The summed E-state index contributed by atoms with van der Waals surface area (Å²) in [5.74, 6) is -0.332. The van der Waals surface area contributed by atoms with Crippen LogP contribution in [0.5, 0.6) is 5.75 Å². The van der Waals surface area contributed by atoms with E-state index < -0.39 is 5.97 Å². The van der Waals surface area contributed by atoms with Gasteiger partial charge >= 0.3 is 5.97 Å². The molecule has 2 heterocycles. The number of fused-ring (bicyclic) bond motifs is 1. The van der Waals surface area contributed by atoms with E-state index in [0.717, 1.165) is 16.0 Å². The van der Waals surface area contributed by atoms with Gasteiger partial charge in [-0.2, -0.15) is 0 Å². The lowest BCUT2D eigenvalue weighted by molar-refractivity contribution is 0.0686. The Hall–Kier alpha value is -2.13. The number of thiazole rings is 1. The number of aromatic carboxylic acids is 1. The summed E-state index contributed by atoms with van der Waals surface area (Å²) in [6, 6.07) is 5.68. The highest BCUT2D eigenvalue weighted by Gasteiger charge is 2.17. The molecule has 21 heavy (non-hydrogen) atoms. The largest absolute Gasteiger partial charge is 0.494 e. The minimum atomic E-state index is -1.10. The molecule has 0 aliphatic carbocycles. The van der Waals surface area contributed by atoms with Crippen LogP contribution in [-0.2, 0) is 0 Å². The highest BCUT2D eigenvalue weighted by Crippen LogP contribution is 2.35. The number of aromatic amines is 1. The SMILES string of the molecule is CCOc1ccc2sc(Sc3nn[nH]c3C(=O)O)nc2c1. The number of benzene rings is 1. The molecule has 0 spiro atoms. The van der Waals surface area contributed by atoms with Crippen molar-refractivity contribution < 1.29 is 14.6 Å². The number of rotatable bonds is 5. The van der Waals surface area contributed by atoms with Crippen LogP contribution in [0, 0.1) is 0 Å². The second-order valence-corrected chi connectivity index (χ2v) is 6.21. The van der Waals surface area contributed by atoms with Gasteiger partial charge in [0.25, 0.3) is 0 Å². The Morgan fingerprint density at radius 1 is 1.52 bits per heavy atom. The quantitative estimate of drug-likeness (QED) is 0.744. The van der Waals surface area contributed by atoms with Crippen molar-refractivity contribution in [2.24, 2.45) is 0 Å². The fourth-order valence-corrected chi connectivity index (χ4v) is 3.67. The number of nitrogens with one attached hydrogen (secondary N) is 1. The average molecular weight is 322 g/mol.